The molecule has 120 valence electrons. The van der Waals surface area contributed by atoms with Gasteiger partial charge in [0.15, 0.2) is 0 Å². The summed E-state index contributed by atoms with van der Waals surface area (Å²) in [6.45, 7) is 7.94. The van der Waals surface area contributed by atoms with Gasteiger partial charge in [-0.15, -0.1) is 0 Å². The second kappa shape index (κ2) is 6.46. The zero-order chi connectivity index (χ0) is 17.4. The normalized spacial score (nSPS) is 11.4. The van der Waals surface area contributed by atoms with Crippen molar-refractivity contribution in [1.29, 1.82) is 0 Å². The molecule has 0 radical (unpaired) electrons. The maximum Gasteiger partial charge on any atom is 0.252 e. The third-order valence-corrected chi connectivity index (χ3v) is 4.73. The third-order valence-electron chi connectivity index (χ3n) is 4.32. The molecule has 0 saturated carbocycles. The van der Waals surface area contributed by atoms with Crippen LogP contribution < -0.4 is 0 Å². The van der Waals surface area contributed by atoms with Crippen molar-refractivity contribution in [2.75, 3.05) is 0 Å². The van der Waals surface area contributed by atoms with Crippen LogP contribution in [0.4, 0.5) is 0 Å². The predicted molar refractivity (Wildman–Crippen MR) is 94.9 cm³/mol. The van der Waals surface area contributed by atoms with Gasteiger partial charge < -0.3 is 0 Å². The smallest absolute Gasteiger partial charge is 0.252 e. The van der Waals surface area contributed by atoms with Crippen molar-refractivity contribution in [2.24, 2.45) is 0 Å². The summed E-state index contributed by atoms with van der Waals surface area (Å²) in [6.07, 6.45) is 0. The van der Waals surface area contributed by atoms with Crippen LogP contribution in [0.1, 0.15) is 56.8 Å². The molecule has 0 amide bonds. The minimum absolute atomic E-state index is 0.280. The van der Waals surface area contributed by atoms with Crippen LogP contribution in [0, 0.1) is 13.8 Å². The largest absolute Gasteiger partial charge is 0.276 e. The maximum absolute atomic E-state index is 11.4. The molecule has 0 aliphatic heterocycles. The quantitative estimate of drug-likeness (QED) is 0.694. The molecule has 2 aromatic rings. The van der Waals surface area contributed by atoms with Gasteiger partial charge in [0.25, 0.3) is 10.5 Å². The highest BCUT2D eigenvalue weighted by Crippen LogP contribution is 2.34. The van der Waals surface area contributed by atoms with Crippen LogP contribution in [0.3, 0.4) is 0 Å². The highest BCUT2D eigenvalue weighted by Gasteiger charge is 2.25. The van der Waals surface area contributed by atoms with E-state index in [2.05, 4.69) is 13.8 Å². The zero-order valence-electron chi connectivity index (χ0n) is 13.5. The van der Waals surface area contributed by atoms with Gasteiger partial charge in [0.2, 0.25) is 0 Å². The average Bonchev–Trinajstić information content (AvgIpc) is 2.46. The van der Waals surface area contributed by atoms with E-state index >= 15 is 0 Å². The molecule has 0 fully saturated rings. The van der Waals surface area contributed by atoms with Crippen LogP contribution in [-0.2, 0) is 5.41 Å². The van der Waals surface area contributed by atoms with E-state index in [1.165, 1.54) is 0 Å². The van der Waals surface area contributed by atoms with E-state index in [1.807, 2.05) is 38.1 Å². The summed E-state index contributed by atoms with van der Waals surface area (Å²) in [5.74, 6) is 0. The van der Waals surface area contributed by atoms with Crippen molar-refractivity contribution < 1.29 is 9.59 Å². The van der Waals surface area contributed by atoms with Crippen molar-refractivity contribution >= 4 is 33.7 Å². The molecule has 0 saturated heterocycles. The number of carbonyl (C=O) groups is 2. The topological polar surface area (TPSA) is 34.1 Å². The van der Waals surface area contributed by atoms with Crippen LogP contribution in [0.15, 0.2) is 36.4 Å². The van der Waals surface area contributed by atoms with Gasteiger partial charge in [-0.1, -0.05) is 38.1 Å². The van der Waals surface area contributed by atoms with Gasteiger partial charge in [-0.05, 0) is 71.4 Å². The van der Waals surface area contributed by atoms with Gasteiger partial charge in [-0.3, -0.25) is 9.59 Å². The van der Waals surface area contributed by atoms with Gasteiger partial charge in [0.05, 0.1) is 0 Å². The summed E-state index contributed by atoms with van der Waals surface area (Å²) in [5, 5.41) is -0.902. The lowest BCUT2D eigenvalue weighted by Crippen LogP contribution is -2.20. The molecule has 23 heavy (non-hydrogen) atoms. The number of carbonyl (C=O) groups excluding carboxylic acids is 2. The van der Waals surface area contributed by atoms with E-state index in [4.69, 9.17) is 23.2 Å². The number of benzene rings is 2. The molecule has 0 heterocycles. The Morgan fingerprint density at radius 2 is 1.13 bits per heavy atom. The van der Waals surface area contributed by atoms with Crippen LogP contribution in [-0.4, -0.2) is 10.5 Å². The predicted octanol–water partition coefficient (Wildman–Crippen LogP) is 5.39. The second-order valence-electron chi connectivity index (χ2n) is 6.23. The fourth-order valence-corrected chi connectivity index (χ4v) is 3.14. The molecule has 0 bridgehead atoms. The van der Waals surface area contributed by atoms with Gasteiger partial charge in [-0.2, -0.15) is 0 Å². The SMILES string of the molecule is Cc1cc(C(C)(C)c2ccc(C(=O)Cl)c(C)c2)ccc1C(=O)Cl. The molecule has 0 aliphatic carbocycles. The van der Waals surface area contributed by atoms with E-state index in [9.17, 15) is 9.59 Å². The Hall–Kier alpha value is -1.64. The summed E-state index contributed by atoms with van der Waals surface area (Å²) in [6, 6.07) is 11.3. The molecule has 0 aliphatic rings. The molecule has 4 heteroatoms. The highest BCUT2D eigenvalue weighted by molar-refractivity contribution is 6.68. The van der Waals surface area contributed by atoms with Crippen molar-refractivity contribution in [3.8, 4) is 0 Å². The Labute approximate surface area is 146 Å². The van der Waals surface area contributed by atoms with Crippen molar-refractivity contribution in [3.63, 3.8) is 0 Å². The summed E-state index contributed by atoms with van der Waals surface area (Å²) >= 11 is 11.2. The monoisotopic (exact) mass is 348 g/mol. The Balaban J connectivity index is 2.50. The van der Waals surface area contributed by atoms with E-state index in [0.717, 1.165) is 22.3 Å². The minimum Gasteiger partial charge on any atom is -0.276 e. The zero-order valence-corrected chi connectivity index (χ0v) is 15.0. The molecule has 2 aromatic carbocycles. The van der Waals surface area contributed by atoms with Gasteiger partial charge >= 0.3 is 0 Å². The Morgan fingerprint density at radius 1 is 0.783 bits per heavy atom. The summed E-state index contributed by atoms with van der Waals surface area (Å²) < 4.78 is 0. The Bertz CT molecular complexity index is 726. The van der Waals surface area contributed by atoms with E-state index < -0.39 is 10.5 Å². The average molecular weight is 349 g/mol. The van der Waals surface area contributed by atoms with Gasteiger partial charge in [-0.25, -0.2) is 0 Å². The first kappa shape index (κ1) is 17.7. The summed E-state index contributed by atoms with van der Waals surface area (Å²) in [7, 11) is 0. The summed E-state index contributed by atoms with van der Waals surface area (Å²) in [4.78, 5) is 22.7. The standard InChI is InChI=1S/C19H18Cl2O2/c1-11-9-13(5-7-15(11)17(20)22)19(3,4)14-6-8-16(18(21)23)12(2)10-14/h5-10H,1-4H3. The van der Waals surface area contributed by atoms with E-state index in [-0.39, 0.29) is 5.41 Å². The summed E-state index contributed by atoms with van der Waals surface area (Å²) in [5.41, 5.74) is 4.59. The van der Waals surface area contributed by atoms with Gasteiger partial charge in [0.1, 0.15) is 0 Å². The second-order valence-corrected chi connectivity index (χ2v) is 6.92. The van der Waals surface area contributed by atoms with E-state index in [1.54, 1.807) is 12.1 Å². The highest BCUT2D eigenvalue weighted by atomic mass is 35.5. The molecule has 0 N–H and O–H groups in total. The van der Waals surface area contributed by atoms with Crippen LogP contribution in [0.5, 0.6) is 0 Å². The Kier molecular flexibility index (Phi) is 4.98. The first-order chi connectivity index (χ1) is 10.6. The molecule has 0 spiro atoms. The fraction of sp³-hybridized carbons (Fsp3) is 0.263. The van der Waals surface area contributed by atoms with Crippen molar-refractivity contribution in [1.82, 2.24) is 0 Å². The number of hydrogen-bond acceptors (Lipinski definition) is 2. The van der Waals surface area contributed by atoms with Crippen LogP contribution in [0.25, 0.3) is 0 Å². The lowest BCUT2D eigenvalue weighted by atomic mass is 9.76. The Morgan fingerprint density at radius 3 is 1.39 bits per heavy atom. The molecule has 0 aromatic heterocycles. The molecule has 2 rings (SSSR count). The first-order valence-corrected chi connectivity index (χ1v) is 8.02. The van der Waals surface area contributed by atoms with E-state index in [0.29, 0.717) is 11.1 Å². The molecule has 0 unspecified atom stereocenters. The third kappa shape index (κ3) is 3.49. The van der Waals surface area contributed by atoms with Crippen LogP contribution in [0.2, 0.25) is 0 Å². The van der Waals surface area contributed by atoms with Crippen molar-refractivity contribution in [2.45, 2.75) is 33.1 Å². The maximum atomic E-state index is 11.4. The molecule has 0 atom stereocenters. The number of aryl methyl sites for hydroxylation is 2. The number of hydrogen-bond donors (Lipinski definition) is 0. The van der Waals surface area contributed by atoms with Crippen LogP contribution >= 0.6 is 23.2 Å². The lowest BCUT2D eigenvalue weighted by molar-refractivity contribution is 0.107. The van der Waals surface area contributed by atoms with Crippen molar-refractivity contribution in [3.05, 3.63) is 69.8 Å². The molecule has 2 nitrogen and oxygen atoms in total. The van der Waals surface area contributed by atoms with Gasteiger partial charge in [0, 0.05) is 16.5 Å². The first-order valence-electron chi connectivity index (χ1n) is 7.26. The molecular weight excluding hydrogens is 331 g/mol. The lowest BCUT2D eigenvalue weighted by Gasteiger charge is -2.27. The minimum atomic E-state index is -0.451. The number of rotatable bonds is 4. The fourth-order valence-electron chi connectivity index (χ4n) is 2.71. The molecular formula is C19H18Cl2O2. The number of halogens is 2.